The predicted molar refractivity (Wildman–Crippen MR) is 77.6 cm³/mol. The second-order valence-electron chi connectivity index (χ2n) is 5.26. The summed E-state index contributed by atoms with van der Waals surface area (Å²) in [6.45, 7) is 0. The van der Waals surface area contributed by atoms with Gasteiger partial charge in [0.1, 0.15) is 0 Å². The normalized spacial score (nSPS) is 23.5. The van der Waals surface area contributed by atoms with Crippen LogP contribution in [0.5, 0.6) is 0 Å². The van der Waals surface area contributed by atoms with Crippen molar-refractivity contribution in [3.63, 3.8) is 0 Å². The Morgan fingerprint density at radius 1 is 1.11 bits per heavy atom. The fraction of sp³-hybridized carbons (Fsp3) is 0.333. The Bertz CT molecular complexity index is 704. The first kappa shape index (κ1) is 12.6. The van der Waals surface area contributed by atoms with E-state index in [4.69, 9.17) is 5.73 Å². The number of rotatable bonds is 2. The molecule has 0 spiro atoms. The molecule has 2 aromatic rings. The van der Waals surface area contributed by atoms with Crippen molar-refractivity contribution in [2.24, 2.45) is 11.7 Å². The van der Waals surface area contributed by atoms with Gasteiger partial charge >= 0.3 is 0 Å². The van der Waals surface area contributed by atoms with Crippen molar-refractivity contribution in [1.82, 2.24) is 0 Å². The van der Waals surface area contributed by atoms with Gasteiger partial charge in [0.15, 0.2) is 9.84 Å². The average molecular weight is 275 g/mol. The van der Waals surface area contributed by atoms with E-state index in [0.29, 0.717) is 6.42 Å². The summed E-state index contributed by atoms with van der Waals surface area (Å²) in [5.74, 6) is 0.531. The second-order valence-corrected chi connectivity index (χ2v) is 7.49. The molecule has 1 fully saturated rings. The van der Waals surface area contributed by atoms with Gasteiger partial charge in [0.25, 0.3) is 0 Å². The molecule has 100 valence electrons. The maximum Gasteiger partial charge on any atom is 0.150 e. The summed E-state index contributed by atoms with van der Waals surface area (Å²) in [6, 6.07) is 13.9. The third-order valence-corrected chi connectivity index (χ3v) is 5.75. The largest absolute Gasteiger partial charge is 0.324 e. The van der Waals surface area contributed by atoms with E-state index in [0.717, 1.165) is 16.3 Å². The summed E-state index contributed by atoms with van der Waals surface area (Å²) in [5.41, 5.74) is 7.38. The Hall–Kier alpha value is -1.39. The lowest BCUT2D eigenvalue weighted by Crippen LogP contribution is -2.22. The zero-order valence-corrected chi connectivity index (χ0v) is 11.4. The summed E-state index contributed by atoms with van der Waals surface area (Å²) in [7, 11) is -2.88. The van der Waals surface area contributed by atoms with E-state index in [1.54, 1.807) is 0 Å². The van der Waals surface area contributed by atoms with E-state index in [2.05, 4.69) is 12.1 Å². The van der Waals surface area contributed by atoms with Gasteiger partial charge in [-0.25, -0.2) is 8.42 Å². The molecule has 2 N–H and O–H groups in total. The lowest BCUT2D eigenvalue weighted by atomic mass is 9.90. The number of hydrogen-bond acceptors (Lipinski definition) is 3. The van der Waals surface area contributed by atoms with Crippen molar-refractivity contribution in [3.8, 4) is 0 Å². The maximum absolute atomic E-state index is 11.6. The molecule has 0 aromatic heterocycles. The van der Waals surface area contributed by atoms with E-state index in [9.17, 15) is 8.42 Å². The van der Waals surface area contributed by atoms with Crippen molar-refractivity contribution in [3.05, 3.63) is 48.0 Å². The molecule has 3 rings (SSSR count). The number of nitrogens with two attached hydrogens (primary N) is 1. The lowest BCUT2D eigenvalue weighted by molar-refractivity contribution is 0.482. The topological polar surface area (TPSA) is 60.2 Å². The second kappa shape index (κ2) is 4.62. The summed E-state index contributed by atoms with van der Waals surface area (Å²) in [4.78, 5) is 0. The van der Waals surface area contributed by atoms with E-state index in [1.165, 1.54) is 0 Å². The van der Waals surface area contributed by atoms with Crippen LogP contribution in [-0.4, -0.2) is 19.9 Å². The predicted octanol–water partition coefficient (Wildman–Crippen LogP) is 2.27. The smallest absolute Gasteiger partial charge is 0.150 e. The molecule has 1 saturated heterocycles. The molecule has 2 unspecified atom stereocenters. The summed E-state index contributed by atoms with van der Waals surface area (Å²) < 4.78 is 23.2. The van der Waals surface area contributed by atoms with Gasteiger partial charge < -0.3 is 5.73 Å². The van der Waals surface area contributed by atoms with Gasteiger partial charge in [-0.1, -0.05) is 42.5 Å². The Labute approximate surface area is 113 Å². The number of hydrogen-bond donors (Lipinski definition) is 1. The monoisotopic (exact) mass is 275 g/mol. The number of benzene rings is 2. The molecule has 1 heterocycles. The van der Waals surface area contributed by atoms with Gasteiger partial charge in [0.2, 0.25) is 0 Å². The Morgan fingerprint density at radius 3 is 2.58 bits per heavy atom. The molecule has 1 aliphatic heterocycles. The van der Waals surface area contributed by atoms with Crippen LogP contribution in [0.15, 0.2) is 42.5 Å². The highest BCUT2D eigenvalue weighted by atomic mass is 32.2. The van der Waals surface area contributed by atoms with Gasteiger partial charge in [0, 0.05) is 6.04 Å². The zero-order chi connectivity index (χ0) is 13.5. The highest BCUT2D eigenvalue weighted by molar-refractivity contribution is 7.91. The molecular formula is C15H17NO2S. The summed E-state index contributed by atoms with van der Waals surface area (Å²) >= 11 is 0. The standard InChI is InChI=1S/C15H17NO2S/c16-15(12-8-9-19(17,18)10-12)14-7-3-5-11-4-1-2-6-13(11)14/h1-7,12,15H,8-10,16H2. The van der Waals surface area contributed by atoms with Crippen LogP contribution in [-0.2, 0) is 9.84 Å². The first-order valence-corrected chi connectivity index (χ1v) is 8.33. The first-order chi connectivity index (χ1) is 9.07. The average Bonchev–Trinajstić information content (AvgIpc) is 2.78. The molecule has 0 radical (unpaired) electrons. The third kappa shape index (κ3) is 2.38. The van der Waals surface area contributed by atoms with Gasteiger partial charge in [0.05, 0.1) is 11.5 Å². The molecule has 0 aliphatic carbocycles. The highest BCUT2D eigenvalue weighted by Crippen LogP contribution is 2.33. The zero-order valence-electron chi connectivity index (χ0n) is 10.6. The van der Waals surface area contributed by atoms with Gasteiger partial charge in [-0.3, -0.25) is 0 Å². The van der Waals surface area contributed by atoms with Crippen molar-refractivity contribution < 1.29 is 8.42 Å². The van der Waals surface area contributed by atoms with Crippen LogP contribution >= 0.6 is 0 Å². The fourth-order valence-corrected chi connectivity index (χ4v) is 4.76. The Morgan fingerprint density at radius 2 is 1.84 bits per heavy atom. The lowest BCUT2D eigenvalue weighted by Gasteiger charge is -2.20. The quantitative estimate of drug-likeness (QED) is 0.914. The van der Waals surface area contributed by atoms with Crippen LogP contribution in [0, 0.1) is 5.92 Å². The summed E-state index contributed by atoms with van der Waals surface area (Å²) in [6.07, 6.45) is 0.673. The fourth-order valence-electron chi connectivity index (χ4n) is 2.90. The van der Waals surface area contributed by atoms with Crippen LogP contribution < -0.4 is 5.73 Å². The van der Waals surface area contributed by atoms with Gasteiger partial charge in [-0.15, -0.1) is 0 Å². The number of sulfone groups is 1. The maximum atomic E-state index is 11.6. The minimum absolute atomic E-state index is 0.0378. The van der Waals surface area contributed by atoms with E-state index >= 15 is 0 Å². The molecule has 4 heteroatoms. The van der Waals surface area contributed by atoms with Crippen molar-refractivity contribution in [1.29, 1.82) is 0 Å². The molecule has 1 aliphatic rings. The van der Waals surface area contributed by atoms with E-state index in [-0.39, 0.29) is 23.5 Å². The van der Waals surface area contributed by atoms with Crippen LogP contribution in [0.1, 0.15) is 18.0 Å². The third-order valence-electron chi connectivity index (χ3n) is 3.96. The molecule has 3 nitrogen and oxygen atoms in total. The molecule has 0 saturated carbocycles. The minimum Gasteiger partial charge on any atom is -0.324 e. The van der Waals surface area contributed by atoms with Crippen LogP contribution in [0.3, 0.4) is 0 Å². The van der Waals surface area contributed by atoms with Gasteiger partial charge in [-0.2, -0.15) is 0 Å². The van der Waals surface area contributed by atoms with Crippen molar-refractivity contribution in [2.75, 3.05) is 11.5 Å². The number of fused-ring (bicyclic) bond motifs is 1. The van der Waals surface area contributed by atoms with Crippen LogP contribution in [0.2, 0.25) is 0 Å². The van der Waals surface area contributed by atoms with Crippen molar-refractivity contribution >= 4 is 20.6 Å². The molecule has 19 heavy (non-hydrogen) atoms. The van der Waals surface area contributed by atoms with Crippen molar-refractivity contribution in [2.45, 2.75) is 12.5 Å². The molecule has 2 aromatic carbocycles. The summed E-state index contributed by atoms with van der Waals surface area (Å²) in [5, 5.41) is 2.28. The molecule has 0 amide bonds. The Balaban J connectivity index is 2.00. The molecule has 0 bridgehead atoms. The highest BCUT2D eigenvalue weighted by Gasteiger charge is 2.33. The van der Waals surface area contributed by atoms with E-state index < -0.39 is 9.84 Å². The Kier molecular flexibility index (Phi) is 3.07. The van der Waals surface area contributed by atoms with Crippen LogP contribution in [0.4, 0.5) is 0 Å². The van der Waals surface area contributed by atoms with E-state index in [1.807, 2.05) is 30.3 Å². The molecular weight excluding hydrogens is 258 g/mol. The molecule has 2 atom stereocenters. The SMILES string of the molecule is NC(c1cccc2ccccc12)C1CCS(=O)(=O)C1. The van der Waals surface area contributed by atoms with Gasteiger partial charge in [-0.05, 0) is 28.7 Å². The van der Waals surface area contributed by atoms with Crippen LogP contribution in [0.25, 0.3) is 10.8 Å². The first-order valence-electron chi connectivity index (χ1n) is 6.50. The minimum atomic E-state index is -2.88.